The summed E-state index contributed by atoms with van der Waals surface area (Å²) < 4.78 is 97.2. The van der Waals surface area contributed by atoms with E-state index in [1.807, 2.05) is 4.72 Å². The van der Waals surface area contributed by atoms with Gasteiger partial charge in [0, 0.05) is 18.2 Å². The first-order valence-electron chi connectivity index (χ1n) is 10.5. The molecule has 0 spiro atoms. The van der Waals surface area contributed by atoms with Crippen LogP contribution in [0.4, 0.5) is 27.6 Å². The summed E-state index contributed by atoms with van der Waals surface area (Å²) in [6, 6.07) is 8.50. The molecule has 38 heavy (non-hydrogen) atoms. The standard InChI is InChI=1S/C25H18F5N3O4S/c1-3-16-12-15(13-20(27)23(16)33-38(2,35)36)14-31-22(34)11-5-17-4-10-21(25(28,29)30)32-24(17)37-19-8-6-18(26)7-9-19/h1,4-13,33H,14H2,2H3,(H,31,34)/b11-5+. The molecule has 7 nitrogen and oxygen atoms in total. The largest absolute Gasteiger partial charge is 0.438 e. The van der Waals surface area contributed by atoms with Crippen molar-refractivity contribution >= 4 is 27.7 Å². The molecule has 1 amide bonds. The number of halogens is 5. The molecule has 0 saturated heterocycles. The number of pyridine rings is 1. The van der Waals surface area contributed by atoms with E-state index in [-0.39, 0.29) is 29.0 Å². The molecule has 198 valence electrons. The molecule has 3 rings (SSSR count). The van der Waals surface area contributed by atoms with Gasteiger partial charge in [0.15, 0.2) is 0 Å². The summed E-state index contributed by atoms with van der Waals surface area (Å²) in [6.07, 6.45) is 3.53. The number of hydrogen-bond donors (Lipinski definition) is 2. The van der Waals surface area contributed by atoms with Crippen LogP contribution in [0.25, 0.3) is 6.08 Å². The Balaban J connectivity index is 1.78. The molecule has 1 aromatic heterocycles. The number of aromatic nitrogens is 1. The Morgan fingerprint density at radius 1 is 1.13 bits per heavy atom. The molecule has 0 aliphatic heterocycles. The predicted octanol–water partition coefficient (Wildman–Crippen LogP) is 4.85. The lowest BCUT2D eigenvalue weighted by Crippen LogP contribution is -2.20. The van der Waals surface area contributed by atoms with Gasteiger partial charge in [-0.3, -0.25) is 9.52 Å². The first kappa shape index (κ1) is 28.1. The number of anilines is 1. The highest BCUT2D eigenvalue weighted by atomic mass is 32.2. The second-order valence-corrected chi connectivity index (χ2v) is 9.46. The molecule has 2 N–H and O–H groups in total. The second kappa shape index (κ2) is 11.3. The Hall–Kier alpha value is -4.44. The van der Waals surface area contributed by atoms with E-state index in [0.29, 0.717) is 6.07 Å². The summed E-state index contributed by atoms with van der Waals surface area (Å²) in [5, 5.41) is 2.44. The smallest absolute Gasteiger partial charge is 0.433 e. The van der Waals surface area contributed by atoms with Crippen molar-refractivity contribution in [1.29, 1.82) is 0 Å². The number of nitrogens with zero attached hydrogens (tertiary/aromatic N) is 1. The van der Waals surface area contributed by atoms with E-state index in [0.717, 1.165) is 42.7 Å². The fourth-order valence-electron chi connectivity index (χ4n) is 3.01. The summed E-state index contributed by atoms with van der Waals surface area (Å²) in [5.41, 5.74) is -1.51. The second-order valence-electron chi connectivity index (χ2n) is 7.71. The maximum absolute atomic E-state index is 14.4. The van der Waals surface area contributed by atoms with Gasteiger partial charge in [0.1, 0.15) is 23.1 Å². The molecule has 1 heterocycles. The monoisotopic (exact) mass is 551 g/mol. The zero-order valence-corrected chi connectivity index (χ0v) is 20.3. The van der Waals surface area contributed by atoms with Crippen LogP contribution in [0.2, 0.25) is 0 Å². The minimum absolute atomic E-state index is 0.00865. The van der Waals surface area contributed by atoms with E-state index in [9.17, 15) is 35.2 Å². The van der Waals surface area contributed by atoms with E-state index in [4.69, 9.17) is 11.2 Å². The molecule has 0 saturated carbocycles. The lowest BCUT2D eigenvalue weighted by atomic mass is 10.1. The lowest BCUT2D eigenvalue weighted by Gasteiger charge is -2.12. The van der Waals surface area contributed by atoms with Gasteiger partial charge in [0.25, 0.3) is 0 Å². The van der Waals surface area contributed by atoms with Gasteiger partial charge in [-0.25, -0.2) is 22.2 Å². The molecule has 0 aliphatic carbocycles. The fraction of sp³-hybridized carbons (Fsp3) is 0.120. The lowest BCUT2D eigenvalue weighted by molar-refractivity contribution is -0.141. The number of carbonyl (C=O) groups is 1. The molecule has 0 radical (unpaired) electrons. The molecule has 0 bridgehead atoms. The highest BCUT2D eigenvalue weighted by Gasteiger charge is 2.33. The maximum Gasteiger partial charge on any atom is 0.433 e. The number of carbonyl (C=O) groups excluding carboxylic acids is 1. The molecule has 13 heteroatoms. The highest BCUT2D eigenvalue weighted by Crippen LogP contribution is 2.32. The Bertz CT molecular complexity index is 1530. The average Bonchev–Trinajstić information content (AvgIpc) is 2.83. The summed E-state index contributed by atoms with van der Waals surface area (Å²) in [7, 11) is -3.80. The van der Waals surface area contributed by atoms with Gasteiger partial charge >= 0.3 is 6.18 Å². The van der Waals surface area contributed by atoms with Gasteiger partial charge in [-0.1, -0.05) is 5.92 Å². The van der Waals surface area contributed by atoms with Crippen LogP contribution < -0.4 is 14.8 Å². The van der Waals surface area contributed by atoms with Gasteiger partial charge in [-0.15, -0.1) is 6.42 Å². The SMILES string of the molecule is C#Cc1cc(CNC(=O)/C=C/c2ccc(C(F)(F)F)nc2Oc2ccc(F)cc2)cc(F)c1NS(C)(=O)=O. The molecule has 2 aromatic carbocycles. The van der Waals surface area contributed by atoms with Crippen molar-refractivity contribution in [2.75, 3.05) is 11.0 Å². The Morgan fingerprint density at radius 3 is 2.42 bits per heavy atom. The van der Waals surface area contributed by atoms with Crippen LogP contribution in [-0.4, -0.2) is 25.6 Å². The normalized spacial score (nSPS) is 11.7. The van der Waals surface area contributed by atoms with Gasteiger partial charge < -0.3 is 10.1 Å². The minimum Gasteiger partial charge on any atom is -0.438 e. The quantitative estimate of drug-likeness (QED) is 0.237. The van der Waals surface area contributed by atoms with Crippen LogP contribution in [-0.2, 0) is 27.5 Å². The van der Waals surface area contributed by atoms with Gasteiger partial charge in [0.2, 0.25) is 21.8 Å². The number of benzene rings is 2. The van der Waals surface area contributed by atoms with Crippen LogP contribution in [0.5, 0.6) is 11.6 Å². The highest BCUT2D eigenvalue weighted by molar-refractivity contribution is 7.92. The van der Waals surface area contributed by atoms with E-state index < -0.39 is 51.0 Å². The molecule has 0 unspecified atom stereocenters. The number of amides is 1. The summed E-state index contributed by atoms with van der Waals surface area (Å²) in [6.45, 7) is -0.210. The molecular weight excluding hydrogens is 533 g/mol. The minimum atomic E-state index is -4.76. The number of nitrogens with one attached hydrogen (secondary N) is 2. The third-order valence-corrected chi connectivity index (χ3v) is 5.26. The van der Waals surface area contributed by atoms with Crippen LogP contribution in [0, 0.1) is 24.0 Å². The van der Waals surface area contributed by atoms with Crippen LogP contribution >= 0.6 is 0 Å². The van der Waals surface area contributed by atoms with Crippen LogP contribution in [0.15, 0.2) is 54.6 Å². The molecule has 0 atom stereocenters. The summed E-state index contributed by atoms with van der Waals surface area (Å²) in [4.78, 5) is 15.8. The number of hydrogen-bond acceptors (Lipinski definition) is 5. The fourth-order valence-corrected chi connectivity index (χ4v) is 3.59. The molecule has 0 fully saturated rings. The summed E-state index contributed by atoms with van der Waals surface area (Å²) >= 11 is 0. The first-order valence-corrected chi connectivity index (χ1v) is 12.4. The van der Waals surface area contributed by atoms with Crippen LogP contribution in [0.3, 0.4) is 0 Å². The van der Waals surface area contributed by atoms with Crippen molar-refractivity contribution in [1.82, 2.24) is 10.3 Å². The average molecular weight is 551 g/mol. The molecular formula is C25H18F5N3O4S. The van der Waals surface area contributed by atoms with Crippen molar-refractivity contribution in [2.45, 2.75) is 12.7 Å². The van der Waals surface area contributed by atoms with Crippen molar-refractivity contribution in [3.05, 3.63) is 88.6 Å². The third-order valence-electron chi connectivity index (χ3n) is 4.68. The number of alkyl halides is 3. The van der Waals surface area contributed by atoms with Crippen LogP contribution in [0.1, 0.15) is 22.4 Å². The maximum atomic E-state index is 14.4. The van der Waals surface area contributed by atoms with Crippen molar-refractivity contribution in [3.63, 3.8) is 0 Å². The zero-order chi connectivity index (χ0) is 28.1. The molecule has 0 aliphatic rings. The summed E-state index contributed by atoms with van der Waals surface area (Å²) in [5.74, 6) is -0.553. The van der Waals surface area contributed by atoms with E-state index in [1.165, 1.54) is 18.2 Å². The zero-order valence-electron chi connectivity index (χ0n) is 19.4. The van der Waals surface area contributed by atoms with E-state index in [1.54, 1.807) is 0 Å². The Kier molecular flexibility index (Phi) is 8.37. The Morgan fingerprint density at radius 2 is 1.82 bits per heavy atom. The Labute approximate surface area is 214 Å². The number of rotatable bonds is 8. The topological polar surface area (TPSA) is 97.4 Å². The van der Waals surface area contributed by atoms with Gasteiger partial charge in [-0.05, 0) is 60.2 Å². The van der Waals surface area contributed by atoms with Gasteiger partial charge in [-0.2, -0.15) is 13.2 Å². The van der Waals surface area contributed by atoms with Gasteiger partial charge in [0.05, 0.1) is 17.5 Å². The number of ether oxygens (including phenoxy) is 1. The van der Waals surface area contributed by atoms with Crippen molar-refractivity contribution in [2.24, 2.45) is 0 Å². The van der Waals surface area contributed by atoms with E-state index in [2.05, 4.69) is 16.2 Å². The number of sulfonamides is 1. The van der Waals surface area contributed by atoms with Crippen molar-refractivity contribution in [3.8, 4) is 24.0 Å². The molecule has 3 aromatic rings. The van der Waals surface area contributed by atoms with E-state index >= 15 is 0 Å². The third kappa shape index (κ3) is 7.78. The van der Waals surface area contributed by atoms with Crippen molar-refractivity contribution < 1.29 is 39.9 Å². The predicted molar refractivity (Wildman–Crippen MR) is 129 cm³/mol. The first-order chi connectivity index (χ1) is 17.7. The number of terminal acetylenes is 1.